The number of ether oxygens (including phenoxy) is 1. The van der Waals surface area contributed by atoms with Gasteiger partial charge in [0.05, 0.1) is 24.0 Å². The molecular weight excluding hydrogens is 348 g/mol. The molecule has 8 heteroatoms. The molecule has 0 aromatic carbocycles. The van der Waals surface area contributed by atoms with Crippen LogP contribution in [0.5, 0.6) is 0 Å². The molecule has 2 aromatic heterocycles. The van der Waals surface area contributed by atoms with Gasteiger partial charge < -0.3 is 14.6 Å². The van der Waals surface area contributed by atoms with Crippen LogP contribution in [0.1, 0.15) is 48.8 Å². The largest absolute Gasteiger partial charge is 0.376 e. The summed E-state index contributed by atoms with van der Waals surface area (Å²) in [7, 11) is 0. The van der Waals surface area contributed by atoms with Gasteiger partial charge in [-0.1, -0.05) is 11.8 Å². The van der Waals surface area contributed by atoms with Gasteiger partial charge in [-0.15, -0.1) is 10.2 Å². The van der Waals surface area contributed by atoms with E-state index in [2.05, 4.69) is 30.0 Å². The number of aromatic nitrogens is 5. The maximum atomic E-state index is 5.88. The van der Waals surface area contributed by atoms with Crippen molar-refractivity contribution in [2.75, 3.05) is 19.7 Å². The third kappa shape index (κ3) is 4.24. The summed E-state index contributed by atoms with van der Waals surface area (Å²) in [5.74, 6) is 2.36. The number of nitrogens with one attached hydrogen (secondary N) is 1. The molecule has 0 bridgehead atoms. The van der Waals surface area contributed by atoms with Gasteiger partial charge >= 0.3 is 0 Å². The highest BCUT2D eigenvalue weighted by molar-refractivity contribution is 7.98. The van der Waals surface area contributed by atoms with Crippen molar-refractivity contribution in [2.24, 2.45) is 0 Å². The summed E-state index contributed by atoms with van der Waals surface area (Å²) in [4.78, 5) is 8.78. The fraction of sp³-hybridized carbons (Fsp3) is 0.667. The Kier molecular flexibility index (Phi) is 5.81. The lowest BCUT2D eigenvalue weighted by atomic mass is 9.97. The summed E-state index contributed by atoms with van der Waals surface area (Å²) in [6.07, 6.45) is 8.46. The molecule has 26 heavy (non-hydrogen) atoms. The summed E-state index contributed by atoms with van der Waals surface area (Å²) in [6, 6.07) is 0. The molecule has 4 heterocycles. The molecule has 0 amide bonds. The van der Waals surface area contributed by atoms with E-state index in [4.69, 9.17) is 4.74 Å². The van der Waals surface area contributed by atoms with Gasteiger partial charge in [0.1, 0.15) is 5.82 Å². The van der Waals surface area contributed by atoms with E-state index in [0.717, 1.165) is 80.0 Å². The summed E-state index contributed by atoms with van der Waals surface area (Å²) in [5.41, 5.74) is 1.91. The maximum absolute atomic E-state index is 5.88. The molecule has 2 fully saturated rings. The molecule has 0 radical (unpaired) electrons. The average molecular weight is 375 g/mol. The quantitative estimate of drug-likeness (QED) is 0.778. The zero-order valence-corrected chi connectivity index (χ0v) is 16.0. The summed E-state index contributed by atoms with van der Waals surface area (Å²) in [5, 5.41) is 13.5. The first-order valence-electron chi connectivity index (χ1n) is 9.45. The minimum absolute atomic E-state index is 0.282. The fourth-order valence-corrected chi connectivity index (χ4v) is 4.43. The van der Waals surface area contributed by atoms with E-state index in [0.29, 0.717) is 5.92 Å². The second kappa shape index (κ2) is 8.45. The average Bonchev–Trinajstić information content (AvgIpc) is 3.33. The second-order valence-electron chi connectivity index (χ2n) is 7.05. The lowest BCUT2D eigenvalue weighted by molar-refractivity contribution is 0.0936. The maximum Gasteiger partial charge on any atom is 0.191 e. The third-order valence-corrected chi connectivity index (χ3v) is 6.04. The molecule has 0 saturated carbocycles. The van der Waals surface area contributed by atoms with E-state index in [9.17, 15) is 0 Å². The lowest BCUT2D eigenvalue weighted by Crippen LogP contribution is -2.29. The Balaban J connectivity index is 1.52. The topological polar surface area (TPSA) is 77.8 Å². The smallest absolute Gasteiger partial charge is 0.191 e. The van der Waals surface area contributed by atoms with E-state index in [-0.39, 0.29) is 6.10 Å². The number of rotatable bonds is 6. The van der Waals surface area contributed by atoms with Crippen LogP contribution in [0.4, 0.5) is 0 Å². The molecule has 1 N–H and O–H groups in total. The highest BCUT2D eigenvalue weighted by atomic mass is 32.2. The molecule has 0 spiro atoms. The van der Waals surface area contributed by atoms with Gasteiger partial charge in [0.15, 0.2) is 5.16 Å². The minimum atomic E-state index is 0.282. The Morgan fingerprint density at radius 1 is 1.19 bits per heavy atom. The predicted octanol–water partition coefficient (Wildman–Crippen LogP) is 2.31. The van der Waals surface area contributed by atoms with Crippen LogP contribution in [0.25, 0.3) is 0 Å². The summed E-state index contributed by atoms with van der Waals surface area (Å²) >= 11 is 1.69. The Hall–Kier alpha value is -1.51. The first-order chi connectivity index (χ1) is 12.8. The molecule has 1 atom stereocenters. The van der Waals surface area contributed by atoms with E-state index in [1.165, 1.54) is 0 Å². The number of piperidine rings is 1. The van der Waals surface area contributed by atoms with E-state index in [1.807, 2.05) is 19.3 Å². The number of aryl methyl sites for hydroxylation is 1. The fourth-order valence-electron chi connectivity index (χ4n) is 3.58. The molecule has 2 aromatic rings. The van der Waals surface area contributed by atoms with Crippen LogP contribution in [0.3, 0.4) is 0 Å². The molecule has 7 nitrogen and oxygen atoms in total. The first kappa shape index (κ1) is 17.9. The minimum Gasteiger partial charge on any atom is -0.376 e. The van der Waals surface area contributed by atoms with Crippen LogP contribution in [0.15, 0.2) is 17.6 Å². The van der Waals surface area contributed by atoms with Crippen molar-refractivity contribution in [3.05, 3.63) is 29.6 Å². The molecule has 2 aliphatic rings. The van der Waals surface area contributed by atoms with Crippen molar-refractivity contribution >= 4 is 11.8 Å². The Bertz CT molecular complexity index is 707. The van der Waals surface area contributed by atoms with Crippen LogP contribution >= 0.6 is 11.8 Å². The van der Waals surface area contributed by atoms with Gasteiger partial charge in [-0.3, -0.25) is 9.97 Å². The summed E-state index contributed by atoms with van der Waals surface area (Å²) in [6.45, 7) is 5.79. The Morgan fingerprint density at radius 3 is 2.81 bits per heavy atom. The number of hydrogen-bond acceptors (Lipinski definition) is 7. The molecular formula is C18H26N6OS. The van der Waals surface area contributed by atoms with Gasteiger partial charge in [0.2, 0.25) is 0 Å². The normalized spacial score (nSPS) is 21.3. The standard InChI is InChI=1S/C18H26N6OS/c1-13-9-21-15(10-20-13)12-26-18-23-22-17(14-4-6-19-7-5-14)24(18)11-16-3-2-8-25-16/h9-10,14,16,19H,2-8,11-12H2,1H3/t16-/m1/s1. The second-order valence-corrected chi connectivity index (χ2v) is 7.99. The summed E-state index contributed by atoms with van der Waals surface area (Å²) < 4.78 is 8.18. The number of nitrogens with zero attached hydrogens (tertiary/aromatic N) is 5. The van der Waals surface area contributed by atoms with E-state index < -0.39 is 0 Å². The van der Waals surface area contributed by atoms with Crippen LogP contribution in [-0.4, -0.2) is 50.5 Å². The zero-order chi connectivity index (χ0) is 17.8. The molecule has 2 saturated heterocycles. The first-order valence-corrected chi connectivity index (χ1v) is 10.4. The number of hydrogen-bond donors (Lipinski definition) is 1. The molecule has 0 unspecified atom stereocenters. The van der Waals surface area contributed by atoms with Gasteiger partial charge in [-0.05, 0) is 45.7 Å². The van der Waals surface area contributed by atoms with Crippen LogP contribution < -0.4 is 5.32 Å². The highest BCUT2D eigenvalue weighted by Gasteiger charge is 2.26. The lowest BCUT2D eigenvalue weighted by Gasteiger charge is -2.23. The van der Waals surface area contributed by atoms with Gasteiger partial charge in [-0.25, -0.2) is 0 Å². The highest BCUT2D eigenvalue weighted by Crippen LogP contribution is 2.30. The Labute approximate surface area is 158 Å². The van der Waals surface area contributed by atoms with Gasteiger partial charge in [0, 0.05) is 30.7 Å². The zero-order valence-electron chi connectivity index (χ0n) is 15.2. The van der Waals surface area contributed by atoms with Crippen molar-refractivity contribution in [3.8, 4) is 0 Å². The van der Waals surface area contributed by atoms with Gasteiger partial charge in [-0.2, -0.15) is 0 Å². The SMILES string of the molecule is Cc1cnc(CSc2nnc(C3CCNCC3)n2C[C@H]2CCCO2)cn1. The Morgan fingerprint density at radius 2 is 2.08 bits per heavy atom. The molecule has 4 rings (SSSR count). The van der Waals surface area contributed by atoms with E-state index >= 15 is 0 Å². The number of thioether (sulfide) groups is 1. The van der Waals surface area contributed by atoms with Crippen LogP contribution in [-0.2, 0) is 17.0 Å². The van der Waals surface area contributed by atoms with Crippen molar-refractivity contribution in [3.63, 3.8) is 0 Å². The van der Waals surface area contributed by atoms with Crippen LogP contribution in [0.2, 0.25) is 0 Å². The van der Waals surface area contributed by atoms with Crippen LogP contribution in [0, 0.1) is 6.92 Å². The third-order valence-electron chi connectivity index (χ3n) is 5.04. The molecule has 140 valence electrons. The van der Waals surface area contributed by atoms with Crippen molar-refractivity contribution in [1.82, 2.24) is 30.0 Å². The van der Waals surface area contributed by atoms with Crippen molar-refractivity contribution < 1.29 is 4.74 Å². The monoisotopic (exact) mass is 374 g/mol. The molecule has 0 aliphatic carbocycles. The predicted molar refractivity (Wildman–Crippen MR) is 100 cm³/mol. The van der Waals surface area contributed by atoms with Gasteiger partial charge in [0.25, 0.3) is 0 Å². The van der Waals surface area contributed by atoms with E-state index in [1.54, 1.807) is 11.8 Å². The van der Waals surface area contributed by atoms with Crippen molar-refractivity contribution in [2.45, 2.75) is 62.1 Å². The molecule has 2 aliphatic heterocycles. The van der Waals surface area contributed by atoms with Crippen molar-refractivity contribution in [1.29, 1.82) is 0 Å².